The van der Waals surface area contributed by atoms with Crippen molar-refractivity contribution in [2.24, 2.45) is 5.14 Å². The van der Waals surface area contributed by atoms with E-state index in [1.807, 2.05) is 0 Å². The summed E-state index contributed by atoms with van der Waals surface area (Å²) in [7, 11) is -4.00. The van der Waals surface area contributed by atoms with Crippen molar-refractivity contribution in [2.75, 3.05) is 0 Å². The summed E-state index contributed by atoms with van der Waals surface area (Å²) in [5.74, 6) is -0.933. The van der Waals surface area contributed by atoms with Gasteiger partial charge in [-0.05, 0) is 0 Å². The summed E-state index contributed by atoms with van der Waals surface area (Å²) in [5.41, 5.74) is 0. The average molecular weight is 166 g/mol. The molecule has 0 aliphatic rings. The number of aldehydes is 1. The second-order valence-corrected chi connectivity index (χ2v) is 2.74. The Bertz CT molecular complexity index is 231. The van der Waals surface area contributed by atoms with Crippen molar-refractivity contribution in [3.05, 3.63) is 0 Å². The van der Waals surface area contributed by atoms with E-state index < -0.39 is 22.5 Å². The molecule has 10 heavy (non-hydrogen) atoms. The molecule has 58 valence electrons. The van der Waals surface area contributed by atoms with Gasteiger partial charge in [-0.15, -0.1) is 0 Å². The summed E-state index contributed by atoms with van der Waals surface area (Å²) in [6, 6.07) is 0. The third-order valence-corrected chi connectivity index (χ3v) is 1.04. The zero-order valence-electron chi connectivity index (χ0n) is 4.90. The Hall–Kier alpha value is -0.950. The topological polar surface area (TPSA) is 106 Å². The molecule has 0 fully saturated rings. The summed E-state index contributed by atoms with van der Waals surface area (Å²) in [4.78, 5) is 19.9. The van der Waals surface area contributed by atoms with Crippen LogP contribution in [0.5, 0.6) is 0 Å². The zero-order chi connectivity index (χ0) is 8.20. The van der Waals surface area contributed by atoms with Crippen LogP contribution in [0.25, 0.3) is 0 Å². The van der Waals surface area contributed by atoms with E-state index >= 15 is 0 Å². The van der Waals surface area contributed by atoms with E-state index in [2.05, 4.69) is 5.14 Å². The van der Waals surface area contributed by atoms with E-state index in [0.717, 1.165) is 0 Å². The van der Waals surface area contributed by atoms with Gasteiger partial charge in [-0.2, -0.15) is 8.42 Å². The number of hydrogen-bond donors (Lipinski definition) is 2. The Kier molecular flexibility index (Phi) is 2.97. The first-order chi connectivity index (χ1) is 4.45. The molecule has 0 atom stereocenters. The van der Waals surface area contributed by atoms with Crippen LogP contribution in [-0.2, 0) is 19.8 Å². The van der Waals surface area contributed by atoms with Gasteiger partial charge in [-0.1, -0.05) is 0 Å². The number of nitrogens with two attached hydrogens (primary N) is 1. The molecule has 0 unspecified atom stereocenters. The highest BCUT2D eigenvalue weighted by Gasteiger charge is 2.06. The van der Waals surface area contributed by atoms with Crippen molar-refractivity contribution in [3.63, 3.8) is 0 Å². The third-order valence-electron chi connectivity index (χ3n) is 0.525. The Morgan fingerprint density at radius 1 is 1.60 bits per heavy atom. The van der Waals surface area contributed by atoms with Crippen LogP contribution in [0.15, 0.2) is 0 Å². The maximum Gasteiger partial charge on any atom is 0.298 e. The van der Waals surface area contributed by atoms with E-state index in [9.17, 15) is 18.0 Å². The standard InChI is InChI=1S/C3H6N2O4S/c4-10(8,9)5-3(7)1-2-6/h2H,1H2,(H,5,7)(H2,4,8,9). The molecule has 3 N–H and O–H groups in total. The van der Waals surface area contributed by atoms with Crippen LogP contribution in [0, 0.1) is 0 Å². The van der Waals surface area contributed by atoms with Gasteiger partial charge in [0.2, 0.25) is 5.91 Å². The molecule has 0 spiro atoms. The van der Waals surface area contributed by atoms with E-state index in [1.54, 1.807) is 0 Å². The first-order valence-electron chi connectivity index (χ1n) is 2.22. The van der Waals surface area contributed by atoms with Crippen LogP contribution < -0.4 is 9.86 Å². The van der Waals surface area contributed by atoms with Crippen molar-refractivity contribution in [2.45, 2.75) is 6.42 Å². The minimum Gasteiger partial charge on any atom is -0.303 e. The fraction of sp³-hybridized carbons (Fsp3) is 0.333. The Morgan fingerprint density at radius 3 is 2.40 bits per heavy atom. The number of carbonyl (C=O) groups excluding carboxylic acids is 2. The van der Waals surface area contributed by atoms with Crippen LogP contribution in [-0.4, -0.2) is 20.6 Å². The van der Waals surface area contributed by atoms with Crippen molar-refractivity contribution >= 4 is 22.4 Å². The molecule has 0 aromatic rings. The predicted octanol–water partition coefficient (Wildman–Crippen LogP) is -2.10. The predicted molar refractivity (Wildman–Crippen MR) is 31.9 cm³/mol. The summed E-state index contributed by atoms with van der Waals surface area (Å²) < 4.78 is 21.5. The zero-order valence-corrected chi connectivity index (χ0v) is 5.72. The van der Waals surface area contributed by atoms with Crippen molar-refractivity contribution in [1.82, 2.24) is 4.72 Å². The lowest BCUT2D eigenvalue weighted by Crippen LogP contribution is -2.35. The number of hydrogen-bond acceptors (Lipinski definition) is 4. The van der Waals surface area contributed by atoms with Gasteiger partial charge in [-0.3, -0.25) is 4.79 Å². The number of rotatable bonds is 3. The Labute approximate surface area is 57.6 Å². The van der Waals surface area contributed by atoms with Crippen LogP contribution in [0.3, 0.4) is 0 Å². The monoisotopic (exact) mass is 166 g/mol. The largest absolute Gasteiger partial charge is 0.303 e. The Balaban J connectivity index is 3.93. The minimum absolute atomic E-state index is 0.278. The van der Waals surface area contributed by atoms with Crippen LogP contribution >= 0.6 is 0 Å². The molecule has 0 aromatic carbocycles. The molecular weight excluding hydrogens is 160 g/mol. The second-order valence-electron chi connectivity index (χ2n) is 1.44. The molecule has 0 saturated carbocycles. The molecule has 1 amide bonds. The number of nitrogens with one attached hydrogen (secondary N) is 1. The van der Waals surface area contributed by atoms with E-state index in [-0.39, 0.29) is 6.29 Å². The fourth-order valence-corrected chi connectivity index (χ4v) is 0.677. The van der Waals surface area contributed by atoms with Gasteiger partial charge in [0.15, 0.2) is 0 Å². The smallest absolute Gasteiger partial charge is 0.298 e. The lowest BCUT2D eigenvalue weighted by atomic mass is 10.5. The SMILES string of the molecule is NS(=O)(=O)NC(=O)CC=O. The van der Waals surface area contributed by atoms with Crippen molar-refractivity contribution in [1.29, 1.82) is 0 Å². The highest BCUT2D eigenvalue weighted by Crippen LogP contribution is 1.74. The van der Waals surface area contributed by atoms with Gasteiger partial charge in [0.1, 0.15) is 6.29 Å². The molecule has 0 aliphatic carbocycles. The summed E-state index contributed by atoms with van der Waals surface area (Å²) in [5, 5.41) is 4.39. The van der Waals surface area contributed by atoms with E-state index in [1.165, 1.54) is 4.72 Å². The molecule has 0 aliphatic heterocycles. The van der Waals surface area contributed by atoms with Gasteiger partial charge in [0.05, 0.1) is 6.42 Å². The van der Waals surface area contributed by atoms with E-state index in [4.69, 9.17) is 0 Å². The normalized spacial score (nSPS) is 10.5. The lowest BCUT2D eigenvalue weighted by Gasteiger charge is -1.95. The molecule has 7 heteroatoms. The van der Waals surface area contributed by atoms with Crippen LogP contribution in [0.1, 0.15) is 6.42 Å². The minimum atomic E-state index is -4.00. The van der Waals surface area contributed by atoms with Gasteiger partial charge in [0, 0.05) is 0 Å². The molecule has 0 radical (unpaired) electrons. The van der Waals surface area contributed by atoms with Crippen molar-refractivity contribution < 1.29 is 18.0 Å². The highest BCUT2D eigenvalue weighted by atomic mass is 32.2. The molecule has 0 heterocycles. The molecular formula is C3H6N2O4S. The molecule has 0 saturated heterocycles. The molecule has 0 bridgehead atoms. The van der Waals surface area contributed by atoms with Crippen molar-refractivity contribution in [3.8, 4) is 0 Å². The highest BCUT2D eigenvalue weighted by molar-refractivity contribution is 7.87. The lowest BCUT2D eigenvalue weighted by molar-refractivity contribution is -0.122. The van der Waals surface area contributed by atoms with Gasteiger partial charge >= 0.3 is 0 Å². The maximum atomic E-state index is 10.3. The number of amides is 1. The Morgan fingerprint density at radius 2 is 2.10 bits per heavy atom. The third kappa shape index (κ3) is 5.19. The van der Waals surface area contributed by atoms with Crippen LogP contribution in [0.4, 0.5) is 0 Å². The summed E-state index contributed by atoms with van der Waals surface area (Å²) in [6.45, 7) is 0. The fourth-order valence-electron chi connectivity index (χ4n) is 0.276. The number of carbonyl (C=O) groups is 2. The summed E-state index contributed by atoms with van der Waals surface area (Å²) in [6.07, 6.45) is -0.225. The molecule has 0 rings (SSSR count). The van der Waals surface area contributed by atoms with Gasteiger partial charge in [-0.25, -0.2) is 9.86 Å². The maximum absolute atomic E-state index is 10.3. The van der Waals surface area contributed by atoms with Gasteiger partial charge in [0.25, 0.3) is 10.2 Å². The molecule has 6 nitrogen and oxygen atoms in total. The van der Waals surface area contributed by atoms with Crippen LogP contribution in [0.2, 0.25) is 0 Å². The molecule has 0 aromatic heterocycles. The first kappa shape index (κ1) is 9.05. The van der Waals surface area contributed by atoms with Gasteiger partial charge < -0.3 is 4.79 Å². The average Bonchev–Trinajstić information content (AvgIpc) is 1.59. The second kappa shape index (κ2) is 3.28. The summed E-state index contributed by atoms with van der Waals surface area (Å²) >= 11 is 0. The quantitative estimate of drug-likeness (QED) is 0.369. The first-order valence-corrected chi connectivity index (χ1v) is 3.77. The van der Waals surface area contributed by atoms with E-state index in [0.29, 0.717) is 0 Å².